The van der Waals surface area contributed by atoms with Crippen molar-refractivity contribution in [2.45, 2.75) is 51.8 Å². The van der Waals surface area contributed by atoms with Crippen molar-refractivity contribution < 1.29 is 5.11 Å². The van der Waals surface area contributed by atoms with E-state index in [-0.39, 0.29) is 6.10 Å². The molecule has 1 fully saturated rings. The van der Waals surface area contributed by atoms with Gasteiger partial charge in [0.15, 0.2) is 0 Å². The topological polar surface area (TPSA) is 23.5 Å². The number of nitrogens with zero attached hydrogens (tertiary/aromatic N) is 1. The van der Waals surface area contributed by atoms with Crippen LogP contribution in [0.4, 0.5) is 0 Å². The van der Waals surface area contributed by atoms with Gasteiger partial charge in [-0.05, 0) is 43.7 Å². The molecule has 1 aliphatic rings. The Hall–Kier alpha value is -0.860. The summed E-state index contributed by atoms with van der Waals surface area (Å²) in [4.78, 5) is 2.33. The van der Waals surface area contributed by atoms with Crippen LogP contribution < -0.4 is 0 Å². The van der Waals surface area contributed by atoms with E-state index in [4.69, 9.17) is 0 Å². The summed E-state index contributed by atoms with van der Waals surface area (Å²) >= 11 is 0. The first-order valence-electron chi connectivity index (χ1n) is 7.50. The predicted octanol–water partition coefficient (Wildman–Crippen LogP) is 3.30. The Morgan fingerprint density at radius 2 is 1.89 bits per heavy atom. The van der Waals surface area contributed by atoms with Gasteiger partial charge in [-0.25, -0.2) is 0 Å². The second-order valence-electron chi connectivity index (χ2n) is 6.35. The van der Waals surface area contributed by atoms with Gasteiger partial charge in [-0.2, -0.15) is 0 Å². The van der Waals surface area contributed by atoms with Gasteiger partial charge in [0.05, 0.1) is 6.10 Å². The fourth-order valence-corrected chi connectivity index (χ4v) is 3.23. The minimum absolute atomic E-state index is 0.163. The van der Waals surface area contributed by atoms with Crippen molar-refractivity contribution in [3.05, 3.63) is 35.9 Å². The molecule has 0 aliphatic heterocycles. The molecule has 1 aromatic rings. The van der Waals surface area contributed by atoms with Gasteiger partial charge in [0.2, 0.25) is 0 Å². The van der Waals surface area contributed by atoms with Crippen molar-refractivity contribution >= 4 is 0 Å². The van der Waals surface area contributed by atoms with E-state index in [9.17, 15) is 5.11 Å². The van der Waals surface area contributed by atoms with E-state index < -0.39 is 0 Å². The molecule has 0 spiro atoms. The summed E-state index contributed by atoms with van der Waals surface area (Å²) in [5.74, 6) is 1.48. The van der Waals surface area contributed by atoms with Crippen LogP contribution in [-0.4, -0.2) is 29.2 Å². The lowest BCUT2D eigenvalue weighted by molar-refractivity contribution is 0.00315. The van der Waals surface area contributed by atoms with Crippen LogP contribution in [0, 0.1) is 11.8 Å². The predicted molar refractivity (Wildman–Crippen MR) is 79.9 cm³/mol. The molecule has 0 amide bonds. The molecule has 19 heavy (non-hydrogen) atoms. The Balaban J connectivity index is 1.98. The maximum Gasteiger partial charge on any atom is 0.0695 e. The number of rotatable bonds is 4. The Morgan fingerprint density at radius 1 is 1.21 bits per heavy atom. The molecule has 2 nitrogen and oxygen atoms in total. The summed E-state index contributed by atoms with van der Waals surface area (Å²) in [5.41, 5.74) is 1.32. The molecule has 1 aliphatic carbocycles. The quantitative estimate of drug-likeness (QED) is 0.899. The normalized spacial score (nSPS) is 28.0. The first kappa shape index (κ1) is 14.5. The van der Waals surface area contributed by atoms with Gasteiger partial charge in [-0.3, -0.25) is 4.90 Å². The van der Waals surface area contributed by atoms with E-state index in [1.54, 1.807) is 0 Å². The first-order valence-corrected chi connectivity index (χ1v) is 7.50. The third kappa shape index (κ3) is 3.80. The number of hydrogen-bond donors (Lipinski definition) is 1. The number of aliphatic hydroxyl groups excluding tert-OH is 1. The maximum atomic E-state index is 10.3. The Labute approximate surface area is 117 Å². The number of likely N-dealkylation sites (N-methyl/N-ethyl adjacent to an activating group) is 1. The zero-order valence-electron chi connectivity index (χ0n) is 12.4. The summed E-state index contributed by atoms with van der Waals surface area (Å²) in [6.45, 7) is 5.53. The zero-order valence-corrected chi connectivity index (χ0v) is 12.4. The van der Waals surface area contributed by atoms with Crippen LogP contribution in [0.3, 0.4) is 0 Å². The van der Waals surface area contributed by atoms with Gasteiger partial charge in [-0.1, -0.05) is 44.2 Å². The van der Waals surface area contributed by atoms with Crippen LogP contribution in [0.25, 0.3) is 0 Å². The third-order valence-corrected chi connectivity index (χ3v) is 4.61. The number of aliphatic hydroxyl groups is 1. The second kappa shape index (κ2) is 6.53. The molecule has 1 aromatic carbocycles. The van der Waals surface area contributed by atoms with Crippen LogP contribution >= 0.6 is 0 Å². The van der Waals surface area contributed by atoms with Gasteiger partial charge in [0.25, 0.3) is 0 Å². The van der Waals surface area contributed by atoms with Crippen LogP contribution in [-0.2, 0) is 6.54 Å². The Kier molecular flexibility index (Phi) is 5.00. The molecule has 3 unspecified atom stereocenters. The molecule has 1 N–H and O–H groups in total. The van der Waals surface area contributed by atoms with Crippen molar-refractivity contribution in [3.63, 3.8) is 0 Å². The van der Waals surface area contributed by atoms with E-state index in [1.165, 1.54) is 12.0 Å². The SMILES string of the molecule is CC(C)C1CCC(O)C(N(C)Cc2ccccc2)C1. The highest BCUT2D eigenvalue weighted by atomic mass is 16.3. The fourth-order valence-electron chi connectivity index (χ4n) is 3.23. The summed E-state index contributed by atoms with van der Waals surface area (Å²) < 4.78 is 0. The van der Waals surface area contributed by atoms with Crippen LogP contribution in [0.1, 0.15) is 38.7 Å². The van der Waals surface area contributed by atoms with E-state index >= 15 is 0 Å². The number of hydrogen-bond acceptors (Lipinski definition) is 2. The van der Waals surface area contributed by atoms with E-state index in [0.717, 1.165) is 31.2 Å². The smallest absolute Gasteiger partial charge is 0.0695 e. The average molecular weight is 261 g/mol. The van der Waals surface area contributed by atoms with Crippen LogP contribution in [0.15, 0.2) is 30.3 Å². The molecular weight excluding hydrogens is 234 g/mol. The second-order valence-corrected chi connectivity index (χ2v) is 6.35. The van der Waals surface area contributed by atoms with Gasteiger partial charge < -0.3 is 5.11 Å². The highest BCUT2D eigenvalue weighted by Crippen LogP contribution is 2.32. The van der Waals surface area contributed by atoms with Crippen molar-refractivity contribution in [3.8, 4) is 0 Å². The molecular formula is C17H27NO. The van der Waals surface area contributed by atoms with Crippen LogP contribution in [0.2, 0.25) is 0 Å². The summed E-state index contributed by atoms with van der Waals surface area (Å²) in [6, 6.07) is 10.8. The molecule has 0 aromatic heterocycles. The molecule has 0 heterocycles. The molecule has 1 saturated carbocycles. The van der Waals surface area contributed by atoms with Crippen molar-refractivity contribution in [1.82, 2.24) is 4.90 Å². The Morgan fingerprint density at radius 3 is 2.53 bits per heavy atom. The van der Waals surface area contributed by atoms with Gasteiger partial charge in [0.1, 0.15) is 0 Å². The van der Waals surface area contributed by atoms with Crippen LogP contribution in [0.5, 0.6) is 0 Å². The summed E-state index contributed by atoms with van der Waals surface area (Å²) in [6.07, 6.45) is 3.09. The Bertz CT molecular complexity index is 376. The minimum Gasteiger partial charge on any atom is -0.391 e. The monoisotopic (exact) mass is 261 g/mol. The molecule has 2 rings (SSSR count). The highest BCUT2D eigenvalue weighted by molar-refractivity contribution is 5.14. The van der Waals surface area contributed by atoms with Gasteiger partial charge in [0, 0.05) is 12.6 Å². The van der Waals surface area contributed by atoms with Gasteiger partial charge >= 0.3 is 0 Å². The zero-order chi connectivity index (χ0) is 13.8. The fraction of sp³-hybridized carbons (Fsp3) is 0.647. The first-order chi connectivity index (χ1) is 9.08. The number of benzene rings is 1. The van der Waals surface area contributed by atoms with E-state index in [2.05, 4.69) is 50.1 Å². The molecule has 0 bridgehead atoms. The van der Waals surface area contributed by atoms with E-state index in [0.29, 0.717) is 6.04 Å². The lowest BCUT2D eigenvalue weighted by Gasteiger charge is -2.40. The van der Waals surface area contributed by atoms with Crippen molar-refractivity contribution in [2.75, 3.05) is 7.05 Å². The van der Waals surface area contributed by atoms with E-state index in [1.807, 2.05) is 6.07 Å². The minimum atomic E-state index is -0.163. The van der Waals surface area contributed by atoms with Crippen molar-refractivity contribution in [1.29, 1.82) is 0 Å². The van der Waals surface area contributed by atoms with Gasteiger partial charge in [-0.15, -0.1) is 0 Å². The maximum absolute atomic E-state index is 10.3. The molecule has 106 valence electrons. The highest BCUT2D eigenvalue weighted by Gasteiger charge is 2.32. The average Bonchev–Trinajstić information content (AvgIpc) is 2.40. The summed E-state index contributed by atoms with van der Waals surface area (Å²) in [5, 5.41) is 10.3. The molecule has 0 saturated heterocycles. The largest absolute Gasteiger partial charge is 0.391 e. The lowest BCUT2D eigenvalue weighted by atomic mass is 9.77. The lowest BCUT2D eigenvalue weighted by Crippen LogP contribution is -2.45. The molecule has 3 atom stereocenters. The van der Waals surface area contributed by atoms with Crippen molar-refractivity contribution in [2.24, 2.45) is 11.8 Å². The standard InChI is InChI=1S/C17H27NO/c1-13(2)15-9-10-17(19)16(11-15)18(3)12-14-7-5-4-6-8-14/h4-8,13,15-17,19H,9-12H2,1-3H3. The molecule has 2 heteroatoms. The molecule has 0 radical (unpaired) electrons. The summed E-state index contributed by atoms with van der Waals surface area (Å²) in [7, 11) is 2.14. The third-order valence-electron chi connectivity index (χ3n) is 4.61.